The molecular formula is C15H23N3OSi. The van der Waals surface area contributed by atoms with E-state index in [4.69, 9.17) is 4.74 Å². The van der Waals surface area contributed by atoms with Crippen molar-refractivity contribution in [2.45, 2.75) is 39.3 Å². The van der Waals surface area contributed by atoms with E-state index in [0.29, 0.717) is 6.73 Å². The van der Waals surface area contributed by atoms with Crippen molar-refractivity contribution in [2.24, 2.45) is 0 Å². The highest BCUT2D eigenvalue weighted by atomic mass is 28.3. The predicted octanol–water partition coefficient (Wildman–Crippen LogP) is 3.57. The quantitative estimate of drug-likeness (QED) is 0.603. The van der Waals surface area contributed by atoms with Crippen LogP contribution in [0.25, 0.3) is 11.4 Å². The van der Waals surface area contributed by atoms with Crippen LogP contribution in [-0.4, -0.2) is 29.4 Å². The summed E-state index contributed by atoms with van der Waals surface area (Å²) in [5.41, 5.74) is 2.96. The number of aromatic nitrogens is 3. The summed E-state index contributed by atoms with van der Waals surface area (Å²) >= 11 is 0. The summed E-state index contributed by atoms with van der Waals surface area (Å²) in [5, 5.41) is 4.55. The molecule has 0 saturated carbocycles. The monoisotopic (exact) mass is 289 g/mol. The lowest BCUT2D eigenvalue weighted by Gasteiger charge is -2.15. The molecule has 0 saturated heterocycles. The summed E-state index contributed by atoms with van der Waals surface area (Å²) in [6.45, 7) is 10.4. The molecule has 0 N–H and O–H groups in total. The summed E-state index contributed by atoms with van der Waals surface area (Å²) in [6, 6.07) is 7.05. The number of aryl methyl sites for hydroxylation is 1. The van der Waals surface area contributed by atoms with Gasteiger partial charge < -0.3 is 4.74 Å². The third-order valence-corrected chi connectivity index (χ3v) is 4.78. The third kappa shape index (κ3) is 4.28. The first-order chi connectivity index (χ1) is 9.46. The molecule has 2 aromatic heterocycles. The third-order valence-electron chi connectivity index (χ3n) is 3.07. The molecule has 0 aliphatic heterocycles. The molecule has 20 heavy (non-hydrogen) atoms. The van der Waals surface area contributed by atoms with Crippen LogP contribution in [0.4, 0.5) is 0 Å². The molecule has 0 amide bonds. The Hall–Kier alpha value is -1.46. The zero-order valence-electron chi connectivity index (χ0n) is 12.8. The van der Waals surface area contributed by atoms with E-state index in [1.54, 1.807) is 6.20 Å². The highest BCUT2D eigenvalue weighted by Gasteiger charge is 2.12. The first-order valence-corrected chi connectivity index (χ1v) is 10.7. The van der Waals surface area contributed by atoms with Gasteiger partial charge in [-0.25, -0.2) is 4.68 Å². The maximum Gasteiger partial charge on any atom is 0.139 e. The van der Waals surface area contributed by atoms with Gasteiger partial charge in [0, 0.05) is 27.1 Å². The van der Waals surface area contributed by atoms with Crippen LogP contribution in [-0.2, 0) is 11.5 Å². The van der Waals surface area contributed by atoms with E-state index in [-0.39, 0.29) is 0 Å². The minimum Gasteiger partial charge on any atom is -0.360 e. The fraction of sp³-hybridized carbons (Fsp3) is 0.467. The molecule has 0 aliphatic rings. The van der Waals surface area contributed by atoms with Crippen molar-refractivity contribution < 1.29 is 4.74 Å². The van der Waals surface area contributed by atoms with E-state index < -0.39 is 8.07 Å². The van der Waals surface area contributed by atoms with Gasteiger partial charge in [0.05, 0.1) is 5.69 Å². The van der Waals surface area contributed by atoms with Crippen molar-refractivity contribution in [1.29, 1.82) is 0 Å². The number of hydrogen-bond acceptors (Lipinski definition) is 3. The number of nitrogens with zero attached hydrogens (tertiary/aromatic N) is 3. The van der Waals surface area contributed by atoms with Crippen molar-refractivity contribution in [3.8, 4) is 11.4 Å². The lowest BCUT2D eigenvalue weighted by Crippen LogP contribution is -2.22. The number of pyridine rings is 1. The minimum absolute atomic E-state index is 0.512. The largest absolute Gasteiger partial charge is 0.360 e. The second kappa shape index (κ2) is 6.32. The molecule has 2 heterocycles. The Labute approximate surface area is 121 Å². The van der Waals surface area contributed by atoms with Gasteiger partial charge in [-0.3, -0.25) is 4.98 Å². The molecule has 4 nitrogen and oxygen atoms in total. The summed E-state index contributed by atoms with van der Waals surface area (Å²) in [4.78, 5) is 4.34. The number of rotatable bonds is 6. The summed E-state index contributed by atoms with van der Waals surface area (Å²) in [7, 11) is -1.02. The van der Waals surface area contributed by atoms with E-state index in [2.05, 4.69) is 36.6 Å². The van der Waals surface area contributed by atoms with Gasteiger partial charge in [0.15, 0.2) is 0 Å². The molecule has 0 spiro atoms. The van der Waals surface area contributed by atoms with Crippen LogP contribution in [0.2, 0.25) is 25.7 Å². The molecule has 0 unspecified atom stereocenters. The average molecular weight is 289 g/mol. The summed E-state index contributed by atoms with van der Waals surface area (Å²) in [5.74, 6) is 0. The molecule has 0 fully saturated rings. The molecule has 5 heteroatoms. The second-order valence-corrected chi connectivity index (χ2v) is 11.9. The smallest absolute Gasteiger partial charge is 0.139 e. The van der Waals surface area contributed by atoms with Crippen molar-refractivity contribution in [2.75, 3.05) is 6.61 Å². The average Bonchev–Trinajstić information content (AvgIpc) is 2.76. The van der Waals surface area contributed by atoms with Gasteiger partial charge in [0.1, 0.15) is 12.4 Å². The Bertz CT molecular complexity index is 546. The van der Waals surface area contributed by atoms with Gasteiger partial charge in [-0.1, -0.05) is 25.7 Å². The zero-order chi connectivity index (χ0) is 14.6. The first kappa shape index (κ1) is 14.9. The van der Waals surface area contributed by atoms with E-state index in [1.165, 1.54) is 6.04 Å². The lowest BCUT2D eigenvalue weighted by molar-refractivity contribution is 0.0787. The minimum atomic E-state index is -1.02. The SMILES string of the molecule is Cc1cn(COCC[Si](C)(C)C)nc1-c1ccccn1. The zero-order valence-corrected chi connectivity index (χ0v) is 13.8. The molecule has 0 bridgehead atoms. The van der Waals surface area contributed by atoms with Crippen LogP contribution in [0, 0.1) is 6.92 Å². The van der Waals surface area contributed by atoms with E-state index >= 15 is 0 Å². The Kier molecular flexibility index (Phi) is 4.72. The first-order valence-electron chi connectivity index (χ1n) is 6.99. The Morgan fingerprint density at radius 1 is 1.25 bits per heavy atom. The fourth-order valence-corrected chi connectivity index (χ4v) is 2.64. The van der Waals surface area contributed by atoms with E-state index in [1.807, 2.05) is 29.1 Å². The maximum atomic E-state index is 5.71. The molecule has 0 aliphatic carbocycles. The molecule has 2 aromatic rings. The molecular weight excluding hydrogens is 266 g/mol. The Morgan fingerprint density at radius 2 is 2.05 bits per heavy atom. The Morgan fingerprint density at radius 3 is 2.70 bits per heavy atom. The standard InChI is InChI=1S/C15H23N3OSi/c1-13-11-18(12-19-9-10-20(2,3)4)17-15(13)14-7-5-6-8-16-14/h5-8,11H,9-10,12H2,1-4H3. The number of ether oxygens (including phenoxy) is 1. The maximum absolute atomic E-state index is 5.71. The molecule has 0 radical (unpaired) electrons. The van der Waals surface area contributed by atoms with Gasteiger partial charge in [-0.15, -0.1) is 0 Å². The van der Waals surface area contributed by atoms with Crippen molar-refractivity contribution >= 4 is 8.07 Å². The number of hydrogen-bond donors (Lipinski definition) is 0. The molecule has 0 aromatic carbocycles. The van der Waals surface area contributed by atoms with E-state index in [9.17, 15) is 0 Å². The van der Waals surface area contributed by atoms with Crippen LogP contribution in [0.5, 0.6) is 0 Å². The van der Waals surface area contributed by atoms with Crippen molar-refractivity contribution in [1.82, 2.24) is 14.8 Å². The van der Waals surface area contributed by atoms with Crippen LogP contribution < -0.4 is 0 Å². The molecule has 2 rings (SSSR count). The van der Waals surface area contributed by atoms with Gasteiger partial charge in [-0.05, 0) is 30.7 Å². The highest BCUT2D eigenvalue weighted by Crippen LogP contribution is 2.18. The van der Waals surface area contributed by atoms with Gasteiger partial charge in [-0.2, -0.15) is 5.10 Å². The lowest BCUT2D eigenvalue weighted by atomic mass is 10.2. The van der Waals surface area contributed by atoms with Gasteiger partial charge in [0.2, 0.25) is 0 Å². The van der Waals surface area contributed by atoms with Crippen LogP contribution >= 0.6 is 0 Å². The summed E-state index contributed by atoms with van der Waals surface area (Å²) in [6.07, 6.45) is 3.80. The van der Waals surface area contributed by atoms with Gasteiger partial charge >= 0.3 is 0 Å². The fourth-order valence-electron chi connectivity index (χ4n) is 1.88. The van der Waals surface area contributed by atoms with Crippen LogP contribution in [0.1, 0.15) is 5.56 Å². The molecule has 0 atom stereocenters. The van der Waals surface area contributed by atoms with Gasteiger partial charge in [0.25, 0.3) is 0 Å². The summed E-state index contributed by atoms with van der Waals surface area (Å²) < 4.78 is 7.57. The van der Waals surface area contributed by atoms with Crippen LogP contribution in [0.15, 0.2) is 30.6 Å². The normalized spacial score (nSPS) is 11.8. The van der Waals surface area contributed by atoms with Crippen LogP contribution in [0.3, 0.4) is 0 Å². The Balaban J connectivity index is 1.95. The highest BCUT2D eigenvalue weighted by molar-refractivity contribution is 6.76. The topological polar surface area (TPSA) is 39.9 Å². The predicted molar refractivity (Wildman–Crippen MR) is 84.3 cm³/mol. The van der Waals surface area contributed by atoms with E-state index in [0.717, 1.165) is 23.6 Å². The second-order valence-electron chi connectivity index (χ2n) is 6.26. The van der Waals surface area contributed by atoms with Crippen molar-refractivity contribution in [3.63, 3.8) is 0 Å². The molecule has 108 valence electrons. The van der Waals surface area contributed by atoms with Crippen molar-refractivity contribution in [3.05, 3.63) is 36.2 Å².